The van der Waals surface area contributed by atoms with Gasteiger partial charge in [-0.25, -0.2) is 0 Å². The topological polar surface area (TPSA) is 132 Å². The Bertz CT molecular complexity index is 1450. The van der Waals surface area contributed by atoms with Crippen LogP contribution in [0.3, 0.4) is 0 Å². The van der Waals surface area contributed by atoms with Crippen LogP contribution in [0.25, 0.3) is 21.6 Å². The van der Waals surface area contributed by atoms with E-state index in [2.05, 4.69) is 15.3 Å². The number of rotatable bonds is 7. The first-order valence-corrected chi connectivity index (χ1v) is 11.5. The zero-order valence-electron chi connectivity index (χ0n) is 20.9. The first kappa shape index (κ1) is 25.4. The molecule has 10 heteroatoms. The van der Waals surface area contributed by atoms with Gasteiger partial charge in [-0.15, -0.1) is 0 Å². The monoisotopic (exact) mass is 502 g/mol. The van der Waals surface area contributed by atoms with E-state index in [1.54, 1.807) is 50.6 Å². The molecule has 0 saturated heterocycles. The molecule has 3 aromatic rings. The van der Waals surface area contributed by atoms with Crippen LogP contribution in [0, 0.1) is 0 Å². The quantitative estimate of drug-likeness (QED) is 0.271. The minimum Gasteiger partial charge on any atom is -0.493 e. The van der Waals surface area contributed by atoms with E-state index in [4.69, 9.17) is 24.5 Å². The van der Waals surface area contributed by atoms with Gasteiger partial charge in [0.1, 0.15) is 0 Å². The van der Waals surface area contributed by atoms with Gasteiger partial charge in [0.2, 0.25) is 11.2 Å². The van der Waals surface area contributed by atoms with E-state index in [0.29, 0.717) is 52.5 Å². The summed E-state index contributed by atoms with van der Waals surface area (Å²) in [5.41, 5.74) is 12.1. The maximum Gasteiger partial charge on any atom is 0.251 e. The molecule has 1 atom stereocenters. The lowest BCUT2D eigenvalue weighted by Gasteiger charge is -2.20. The van der Waals surface area contributed by atoms with Crippen molar-refractivity contribution in [2.24, 2.45) is 5.11 Å². The molecule has 1 aliphatic rings. The van der Waals surface area contributed by atoms with Gasteiger partial charge in [0.25, 0.3) is 5.91 Å². The lowest BCUT2D eigenvalue weighted by atomic mass is 9.95. The van der Waals surface area contributed by atoms with E-state index in [-0.39, 0.29) is 17.1 Å². The molecule has 3 aromatic carbocycles. The second kappa shape index (κ2) is 10.9. The Hall–Kier alpha value is -4.69. The van der Waals surface area contributed by atoms with Gasteiger partial charge in [0.15, 0.2) is 17.2 Å². The van der Waals surface area contributed by atoms with Crippen LogP contribution in [0.1, 0.15) is 33.9 Å². The molecule has 0 heterocycles. The third-order valence-corrected chi connectivity index (χ3v) is 6.32. The number of hydrogen-bond acceptors (Lipinski definition) is 7. The maximum absolute atomic E-state index is 13.2. The van der Waals surface area contributed by atoms with E-state index in [1.807, 2.05) is 6.07 Å². The molecule has 0 bridgehead atoms. The second-order valence-corrected chi connectivity index (χ2v) is 8.26. The smallest absolute Gasteiger partial charge is 0.251 e. The molecule has 0 saturated carbocycles. The molecule has 1 unspecified atom stereocenters. The molecule has 190 valence electrons. The summed E-state index contributed by atoms with van der Waals surface area (Å²) in [6.45, 7) is 0. The molecule has 0 aliphatic heterocycles. The highest BCUT2D eigenvalue weighted by molar-refractivity contribution is 5.95. The Morgan fingerprint density at radius 1 is 0.946 bits per heavy atom. The van der Waals surface area contributed by atoms with Crippen LogP contribution in [0.15, 0.2) is 58.4 Å². The first-order chi connectivity index (χ1) is 17.9. The summed E-state index contributed by atoms with van der Waals surface area (Å²) in [7, 11) is 6.07. The molecule has 0 aromatic heterocycles. The van der Waals surface area contributed by atoms with Crippen molar-refractivity contribution in [3.8, 4) is 34.1 Å². The Balaban J connectivity index is 1.88. The molecular formula is C27H26N4O6. The number of nitrogens with one attached hydrogen (secondary N) is 1. The lowest BCUT2D eigenvalue weighted by Crippen LogP contribution is -2.29. The van der Waals surface area contributed by atoms with E-state index < -0.39 is 6.04 Å². The zero-order valence-corrected chi connectivity index (χ0v) is 20.9. The van der Waals surface area contributed by atoms with Gasteiger partial charge in [-0.2, -0.15) is 0 Å². The van der Waals surface area contributed by atoms with Gasteiger partial charge in [-0.1, -0.05) is 23.3 Å². The molecule has 37 heavy (non-hydrogen) atoms. The highest BCUT2D eigenvalue weighted by atomic mass is 16.5. The van der Waals surface area contributed by atoms with Crippen molar-refractivity contribution in [2.45, 2.75) is 18.9 Å². The summed E-state index contributed by atoms with van der Waals surface area (Å²) in [6.07, 6.45) is 1.07. The van der Waals surface area contributed by atoms with Crippen molar-refractivity contribution >= 4 is 11.6 Å². The summed E-state index contributed by atoms with van der Waals surface area (Å²) < 4.78 is 22.2. The maximum atomic E-state index is 13.2. The van der Waals surface area contributed by atoms with Crippen LogP contribution in [0.5, 0.6) is 23.0 Å². The zero-order chi connectivity index (χ0) is 26.5. The summed E-state index contributed by atoms with van der Waals surface area (Å²) in [4.78, 5) is 28.9. The van der Waals surface area contributed by atoms with Crippen molar-refractivity contribution in [3.63, 3.8) is 0 Å². The number of ether oxygens (including phenoxy) is 4. The highest BCUT2D eigenvalue weighted by Gasteiger charge is 2.30. The van der Waals surface area contributed by atoms with Crippen LogP contribution < -0.4 is 29.7 Å². The van der Waals surface area contributed by atoms with Crippen molar-refractivity contribution in [3.05, 3.63) is 85.9 Å². The molecule has 10 nitrogen and oxygen atoms in total. The number of aryl methyl sites for hydroxylation is 1. The lowest BCUT2D eigenvalue weighted by molar-refractivity contribution is 0.0935. The number of fused-ring (bicyclic) bond motifs is 3. The number of methoxy groups -OCH3 is 4. The van der Waals surface area contributed by atoms with Gasteiger partial charge < -0.3 is 24.3 Å². The Kier molecular flexibility index (Phi) is 7.50. The molecule has 1 aliphatic carbocycles. The number of carbonyl (C=O) groups is 1. The van der Waals surface area contributed by atoms with Crippen LogP contribution >= 0.6 is 0 Å². The average Bonchev–Trinajstić information content (AvgIpc) is 3.16. The predicted molar refractivity (Wildman–Crippen MR) is 138 cm³/mol. The number of nitrogens with zero attached hydrogens (tertiary/aromatic N) is 3. The van der Waals surface area contributed by atoms with Crippen LogP contribution in [0.2, 0.25) is 0 Å². The van der Waals surface area contributed by atoms with Crippen LogP contribution in [-0.4, -0.2) is 34.3 Å². The minimum absolute atomic E-state index is 0.174. The molecule has 0 radical (unpaired) electrons. The van der Waals surface area contributed by atoms with Crippen molar-refractivity contribution < 1.29 is 23.7 Å². The normalized spacial score (nSPS) is 13.7. The fraction of sp³-hybridized carbons (Fsp3) is 0.259. The third-order valence-electron chi connectivity index (χ3n) is 6.32. The molecule has 1 amide bonds. The van der Waals surface area contributed by atoms with Gasteiger partial charge in [-0.05, 0) is 65.4 Å². The third kappa shape index (κ3) is 4.87. The average molecular weight is 503 g/mol. The number of amides is 1. The van der Waals surface area contributed by atoms with Gasteiger partial charge in [-0.3, -0.25) is 9.59 Å². The van der Waals surface area contributed by atoms with Crippen molar-refractivity contribution in [2.75, 3.05) is 28.4 Å². The first-order valence-electron chi connectivity index (χ1n) is 11.5. The van der Waals surface area contributed by atoms with Gasteiger partial charge in [0.05, 0.1) is 34.5 Å². The van der Waals surface area contributed by atoms with Crippen molar-refractivity contribution in [1.82, 2.24) is 5.32 Å². The summed E-state index contributed by atoms with van der Waals surface area (Å²) in [5, 5.41) is 6.60. The van der Waals surface area contributed by atoms with E-state index >= 15 is 0 Å². The van der Waals surface area contributed by atoms with Crippen LogP contribution in [0.4, 0.5) is 5.69 Å². The minimum atomic E-state index is -0.502. The van der Waals surface area contributed by atoms with E-state index in [9.17, 15) is 9.59 Å². The van der Waals surface area contributed by atoms with Crippen LogP contribution in [-0.2, 0) is 6.42 Å². The number of benzene rings is 2. The van der Waals surface area contributed by atoms with E-state index in [0.717, 1.165) is 11.1 Å². The Morgan fingerprint density at radius 3 is 2.27 bits per heavy atom. The Morgan fingerprint density at radius 2 is 1.65 bits per heavy atom. The summed E-state index contributed by atoms with van der Waals surface area (Å²) >= 11 is 0. The Labute approximate surface area is 213 Å². The highest BCUT2D eigenvalue weighted by Crippen LogP contribution is 2.50. The molecular weight excluding hydrogens is 476 g/mol. The molecule has 0 spiro atoms. The summed E-state index contributed by atoms with van der Waals surface area (Å²) in [5.74, 6) is 1.26. The van der Waals surface area contributed by atoms with Gasteiger partial charge >= 0.3 is 0 Å². The molecule has 0 fully saturated rings. The van der Waals surface area contributed by atoms with E-state index in [1.165, 1.54) is 20.3 Å². The number of carbonyl (C=O) groups excluding carboxylic acids is 1. The standard InChI is InChI=1S/C27H26N4O6/c1-34-22-12-10-18-19(14-21(22)32)20(29-27(33)15-5-8-17(9-6-15)30-31-28)11-7-16-13-23(35-2)25(36-3)26(37-4)24(16)18/h5-6,8-10,12-14,20H,7,11H2,1-4H3,(H,29,33). The fourth-order valence-electron chi connectivity index (χ4n) is 4.59. The number of hydrogen-bond donors (Lipinski definition) is 1. The largest absolute Gasteiger partial charge is 0.493 e. The predicted octanol–water partition coefficient (Wildman–Crippen LogP) is 5.11. The summed E-state index contributed by atoms with van der Waals surface area (Å²) in [6, 6.07) is 12.6. The number of azide groups is 1. The SMILES string of the molecule is COc1cc2c(c(OC)c1OC)-c1ccc(OC)c(=O)cc1C(NC(=O)c1ccc(N=[N+]=[N-])cc1)CC2. The molecule has 1 N–H and O–H groups in total. The van der Waals surface area contributed by atoms with Gasteiger partial charge in [0, 0.05) is 21.7 Å². The fourth-order valence-corrected chi connectivity index (χ4v) is 4.59. The van der Waals surface area contributed by atoms with Crippen molar-refractivity contribution in [1.29, 1.82) is 0 Å². The second-order valence-electron chi connectivity index (χ2n) is 8.26. The molecule has 4 rings (SSSR count).